The lowest BCUT2D eigenvalue weighted by molar-refractivity contribution is -0.422. The number of hydrogen-bond acceptors (Lipinski definition) is 6. The minimum Gasteiger partial charge on any atom is -0.379 e. The topological polar surface area (TPSA) is 98.8 Å². The van der Waals surface area contributed by atoms with Gasteiger partial charge in [0.05, 0.1) is 23.1 Å². The summed E-state index contributed by atoms with van der Waals surface area (Å²) >= 11 is 0. The van der Waals surface area contributed by atoms with Crippen molar-refractivity contribution in [1.82, 2.24) is 4.90 Å². The van der Waals surface area contributed by atoms with E-state index in [2.05, 4.69) is 35.2 Å². The highest BCUT2D eigenvalue weighted by Gasteiger charge is 2.21. The maximum absolute atomic E-state index is 10.2. The normalized spacial score (nSPS) is 13.2. The predicted molar refractivity (Wildman–Crippen MR) is 101 cm³/mol. The molecule has 3 rings (SSSR count). The van der Waals surface area contributed by atoms with Crippen LogP contribution in [0.4, 0.5) is 24.3 Å². The third-order valence-corrected chi connectivity index (χ3v) is 3.63. The van der Waals surface area contributed by atoms with Crippen LogP contribution < -0.4 is 0 Å². The first-order valence-electron chi connectivity index (χ1n) is 8.45. The number of rotatable bonds is 4. The van der Waals surface area contributed by atoms with Crippen LogP contribution in [0.15, 0.2) is 54.6 Å². The van der Waals surface area contributed by atoms with Crippen molar-refractivity contribution in [1.29, 1.82) is 0 Å². The number of nitro benzene ring substituents is 2. The number of ether oxygens (including phenoxy) is 1. The second-order valence-electron chi connectivity index (χ2n) is 5.62. The zero-order valence-electron chi connectivity index (χ0n) is 15.3. The van der Waals surface area contributed by atoms with E-state index < -0.39 is 28.8 Å². The van der Waals surface area contributed by atoms with E-state index in [1.165, 1.54) is 17.7 Å². The molecule has 1 heterocycles. The van der Waals surface area contributed by atoms with Crippen LogP contribution in [0.5, 0.6) is 0 Å². The molecule has 0 spiro atoms. The molecule has 1 aliphatic heterocycles. The average molecular weight is 413 g/mol. The lowest BCUT2D eigenvalue weighted by Gasteiger charge is -2.26. The first-order valence-corrected chi connectivity index (χ1v) is 8.45. The van der Waals surface area contributed by atoms with Crippen molar-refractivity contribution < 1.29 is 27.5 Å². The minimum absolute atomic E-state index is 0.484. The highest BCUT2D eigenvalue weighted by Crippen LogP contribution is 2.24. The second kappa shape index (κ2) is 13.2. The molecule has 2 aromatic carbocycles. The Labute approximate surface area is 165 Å². The molecule has 0 unspecified atom stereocenters. The fraction of sp³-hybridized carbons (Fsp3) is 0.294. The van der Waals surface area contributed by atoms with Gasteiger partial charge in [-0.1, -0.05) is 42.5 Å². The van der Waals surface area contributed by atoms with Crippen LogP contribution in [0, 0.1) is 20.2 Å². The Morgan fingerprint density at radius 1 is 0.862 bits per heavy atom. The SMILES string of the molecule is FB(F)F.O=[N+]([O-])c1ccccc1[N+](=O)[O-].c1ccc(CN2CCOCC2)cc1. The van der Waals surface area contributed by atoms with Crippen LogP contribution >= 0.6 is 0 Å². The summed E-state index contributed by atoms with van der Waals surface area (Å²) in [5.74, 6) is 0. The zero-order valence-corrected chi connectivity index (χ0v) is 15.3. The van der Waals surface area contributed by atoms with Crippen LogP contribution in [-0.2, 0) is 11.3 Å². The van der Waals surface area contributed by atoms with E-state index in [0.717, 1.165) is 45.0 Å². The molecule has 0 saturated carbocycles. The molecule has 12 heteroatoms. The molecule has 0 amide bonds. The molecule has 29 heavy (non-hydrogen) atoms. The number of para-hydroxylation sites is 2. The van der Waals surface area contributed by atoms with Crippen LogP contribution in [0.25, 0.3) is 0 Å². The van der Waals surface area contributed by atoms with Crippen molar-refractivity contribution in [2.45, 2.75) is 6.54 Å². The molecule has 156 valence electrons. The molecule has 0 aliphatic carbocycles. The number of benzene rings is 2. The summed E-state index contributed by atoms with van der Waals surface area (Å²) in [6.45, 7) is 4.95. The fourth-order valence-electron chi connectivity index (χ4n) is 2.37. The Hall–Kier alpha value is -2.99. The van der Waals surface area contributed by atoms with Crippen molar-refractivity contribution in [3.05, 3.63) is 80.4 Å². The van der Waals surface area contributed by atoms with E-state index >= 15 is 0 Å². The van der Waals surface area contributed by atoms with Gasteiger partial charge in [0.15, 0.2) is 0 Å². The quantitative estimate of drug-likeness (QED) is 0.428. The summed E-state index contributed by atoms with van der Waals surface area (Å²) < 4.78 is 34.3. The molecular weight excluding hydrogens is 394 g/mol. The maximum Gasteiger partial charge on any atom is 0.762 e. The molecule has 0 atom stereocenters. The van der Waals surface area contributed by atoms with Crippen molar-refractivity contribution in [3.8, 4) is 0 Å². The van der Waals surface area contributed by atoms with Gasteiger partial charge in [-0.15, -0.1) is 0 Å². The number of nitro groups is 2. The molecule has 2 aromatic rings. The van der Waals surface area contributed by atoms with E-state index in [4.69, 9.17) is 4.74 Å². The summed E-state index contributed by atoms with van der Waals surface area (Å²) in [5.41, 5.74) is 0.425. The first-order chi connectivity index (χ1) is 13.8. The lowest BCUT2D eigenvalue weighted by atomic mass is 10.2. The van der Waals surface area contributed by atoms with Crippen molar-refractivity contribution in [2.24, 2.45) is 0 Å². The van der Waals surface area contributed by atoms with Gasteiger partial charge >= 0.3 is 18.9 Å². The maximum atomic E-state index is 10.2. The van der Waals surface area contributed by atoms with Gasteiger partial charge in [-0.3, -0.25) is 38.1 Å². The van der Waals surface area contributed by atoms with Gasteiger partial charge in [-0.2, -0.15) is 0 Å². The smallest absolute Gasteiger partial charge is 0.379 e. The molecule has 8 nitrogen and oxygen atoms in total. The molecule has 0 radical (unpaired) electrons. The molecule has 0 N–H and O–H groups in total. The van der Waals surface area contributed by atoms with Gasteiger partial charge < -0.3 is 4.74 Å². The van der Waals surface area contributed by atoms with E-state index in [9.17, 15) is 33.2 Å². The lowest BCUT2D eigenvalue weighted by Crippen LogP contribution is -2.35. The van der Waals surface area contributed by atoms with Gasteiger partial charge in [0, 0.05) is 31.8 Å². The summed E-state index contributed by atoms with van der Waals surface area (Å²) in [7, 11) is -3.67. The van der Waals surface area contributed by atoms with E-state index in [1.54, 1.807) is 0 Å². The van der Waals surface area contributed by atoms with Crippen molar-refractivity contribution in [2.75, 3.05) is 26.3 Å². The Morgan fingerprint density at radius 2 is 1.28 bits per heavy atom. The summed E-state index contributed by atoms with van der Waals surface area (Å²) in [4.78, 5) is 21.3. The largest absolute Gasteiger partial charge is 0.762 e. The van der Waals surface area contributed by atoms with Gasteiger partial charge in [0.1, 0.15) is 0 Å². The van der Waals surface area contributed by atoms with Crippen LogP contribution in [-0.4, -0.2) is 48.6 Å². The first kappa shape index (κ1) is 24.1. The Bertz CT molecular complexity index is 729. The number of hydrogen-bond donors (Lipinski definition) is 0. The molecule has 1 saturated heterocycles. The predicted octanol–water partition coefficient (Wildman–Crippen LogP) is 3.90. The van der Waals surface area contributed by atoms with E-state index in [1.807, 2.05) is 0 Å². The van der Waals surface area contributed by atoms with Crippen LogP contribution in [0.2, 0.25) is 0 Å². The highest BCUT2D eigenvalue weighted by molar-refractivity contribution is 6.33. The van der Waals surface area contributed by atoms with E-state index in [0.29, 0.717) is 0 Å². The van der Waals surface area contributed by atoms with Crippen LogP contribution in [0.3, 0.4) is 0 Å². The molecule has 1 aliphatic rings. The summed E-state index contributed by atoms with van der Waals surface area (Å²) in [6, 6.07) is 15.5. The van der Waals surface area contributed by atoms with Gasteiger partial charge in [-0.05, 0) is 5.56 Å². The van der Waals surface area contributed by atoms with Gasteiger partial charge in [0.25, 0.3) is 0 Å². The van der Waals surface area contributed by atoms with Gasteiger partial charge in [0.2, 0.25) is 0 Å². The Morgan fingerprint density at radius 3 is 1.69 bits per heavy atom. The number of halogens is 3. The van der Waals surface area contributed by atoms with Crippen molar-refractivity contribution >= 4 is 18.9 Å². The molecule has 0 aromatic heterocycles. The summed E-state index contributed by atoms with van der Waals surface area (Å²) in [5, 5.41) is 20.5. The average Bonchev–Trinajstić information content (AvgIpc) is 2.69. The van der Waals surface area contributed by atoms with Gasteiger partial charge in [-0.25, -0.2) is 0 Å². The fourth-order valence-corrected chi connectivity index (χ4v) is 2.37. The Kier molecular flexibility index (Phi) is 11.0. The minimum atomic E-state index is -3.67. The monoisotopic (exact) mass is 413 g/mol. The number of nitrogens with zero attached hydrogens (tertiary/aromatic N) is 3. The third-order valence-electron chi connectivity index (χ3n) is 3.63. The number of morpholine rings is 1. The molecule has 1 fully saturated rings. The molecular formula is C17H19BF3N3O5. The van der Waals surface area contributed by atoms with E-state index in [-0.39, 0.29) is 0 Å². The standard InChI is InChI=1S/C11H15NO.C6H4N2O4.BF3/c1-2-4-11(5-3-1)10-12-6-8-13-9-7-12;9-7(10)5-3-1-2-4-6(5)8(11)12;2-1(3)4/h1-5H,6-10H2;1-4H;. The molecule has 0 bridgehead atoms. The second-order valence-corrected chi connectivity index (χ2v) is 5.62. The van der Waals surface area contributed by atoms with Crippen molar-refractivity contribution in [3.63, 3.8) is 0 Å². The summed E-state index contributed by atoms with van der Waals surface area (Å²) in [6.07, 6.45) is 0. The van der Waals surface area contributed by atoms with Crippen LogP contribution in [0.1, 0.15) is 5.56 Å². The highest BCUT2D eigenvalue weighted by atomic mass is 19.4. The zero-order chi connectivity index (χ0) is 21.6. The third kappa shape index (κ3) is 10.2. The Balaban J connectivity index is 0.000000247.